The predicted octanol–water partition coefficient (Wildman–Crippen LogP) is 6.49. The predicted molar refractivity (Wildman–Crippen MR) is 152 cm³/mol. The fourth-order valence-corrected chi connectivity index (χ4v) is 5.28. The lowest BCUT2D eigenvalue weighted by Crippen LogP contribution is -2.32. The molecule has 1 heterocycles. The minimum atomic E-state index is -3.71. The molecule has 0 aliphatic carbocycles. The number of nitro benzene ring substituents is 1. The number of allylic oxidation sites excluding steroid dienone is 1. The van der Waals surface area contributed by atoms with E-state index in [1.165, 1.54) is 26.2 Å². The topological polar surface area (TPSA) is 117 Å². The lowest BCUT2D eigenvalue weighted by Gasteiger charge is -2.33. The second-order valence-electron chi connectivity index (χ2n) is 9.98. The molecule has 0 saturated heterocycles. The number of hydrogen-bond acceptors (Lipinski definition) is 8. The van der Waals surface area contributed by atoms with Crippen molar-refractivity contribution >= 4 is 27.1 Å². The van der Waals surface area contributed by atoms with Gasteiger partial charge in [-0.15, -0.1) is 0 Å². The van der Waals surface area contributed by atoms with Crippen LogP contribution in [0.2, 0.25) is 0 Å². The van der Waals surface area contributed by atoms with Gasteiger partial charge in [-0.1, -0.05) is 12.1 Å². The molecule has 0 atom stereocenters. The lowest BCUT2D eigenvalue weighted by molar-refractivity contribution is -0.385. The first-order valence-electron chi connectivity index (χ1n) is 12.5. The lowest BCUT2D eigenvalue weighted by atomic mass is 9.85. The first kappa shape index (κ1) is 28.0. The second kappa shape index (κ2) is 10.6. The van der Waals surface area contributed by atoms with Crippen molar-refractivity contribution in [2.45, 2.75) is 46.8 Å². The summed E-state index contributed by atoms with van der Waals surface area (Å²) in [5, 5.41) is 14.9. The Kier molecular flexibility index (Phi) is 7.61. The van der Waals surface area contributed by atoms with Crippen molar-refractivity contribution in [3.8, 4) is 28.4 Å². The molecule has 3 aromatic rings. The van der Waals surface area contributed by atoms with Crippen molar-refractivity contribution in [2.24, 2.45) is 0 Å². The van der Waals surface area contributed by atoms with Gasteiger partial charge in [0.15, 0.2) is 0 Å². The summed E-state index contributed by atoms with van der Waals surface area (Å²) in [7, 11) is -2.20. The normalized spacial score (nSPS) is 14.1. The smallest absolute Gasteiger partial charge is 0.308 e. The van der Waals surface area contributed by atoms with Crippen LogP contribution in [0.1, 0.15) is 44.4 Å². The minimum Gasteiger partial charge on any atom is -0.496 e. The van der Waals surface area contributed by atoms with Crippen LogP contribution >= 0.6 is 0 Å². The van der Waals surface area contributed by atoms with Crippen LogP contribution in [0.5, 0.6) is 17.2 Å². The number of ether oxygens (including phenoxy) is 2. The van der Waals surface area contributed by atoms with Crippen LogP contribution in [0.15, 0.2) is 54.6 Å². The number of non-ortho nitro benzene ring substituents is 1. The fraction of sp³-hybridized carbons (Fsp3) is 0.310. The monoisotopic (exact) mass is 552 g/mol. The summed E-state index contributed by atoms with van der Waals surface area (Å²) in [6, 6.07) is 13.4. The van der Waals surface area contributed by atoms with Crippen molar-refractivity contribution in [1.82, 2.24) is 0 Å². The summed E-state index contributed by atoms with van der Waals surface area (Å²) in [5.74, 6) is 0.839. The van der Waals surface area contributed by atoms with Crippen LogP contribution in [-0.2, 0) is 16.7 Å². The Labute approximate surface area is 228 Å². The molecular weight excluding hydrogens is 520 g/mol. The average Bonchev–Trinajstić information content (AvgIpc) is 2.86. The molecule has 0 bridgehead atoms. The van der Waals surface area contributed by atoms with E-state index in [4.69, 9.17) is 13.7 Å². The minimum absolute atomic E-state index is 0.0512. The first-order valence-corrected chi connectivity index (χ1v) is 14.0. The molecule has 0 aromatic heterocycles. The van der Waals surface area contributed by atoms with Crippen LogP contribution < -0.4 is 19.0 Å². The van der Waals surface area contributed by atoms with E-state index >= 15 is 0 Å². The molecular formula is C29H32N2O7S. The Morgan fingerprint density at radius 1 is 1.00 bits per heavy atom. The maximum atomic E-state index is 12.0. The third-order valence-corrected chi connectivity index (χ3v) is 7.69. The third-order valence-electron chi connectivity index (χ3n) is 6.54. The number of rotatable bonds is 9. The van der Waals surface area contributed by atoms with Crippen molar-refractivity contribution in [1.29, 1.82) is 0 Å². The zero-order valence-electron chi connectivity index (χ0n) is 22.8. The maximum Gasteiger partial charge on any atom is 0.308 e. The number of hydrogen-bond donors (Lipinski definition) is 1. The molecule has 10 heteroatoms. The van der Waals surface area contributed by atoms with E-state index in [-0.39, 0.29) is 29.3 Å². The molecule has 4 rings (SSSR count). The van der Waals surface area contributed by atoms with Gasteiger partial charge in [0, 0.05) is 34.5 Å². The summed E-state index contributed by atoms with van der Waals surface area (Å²) in [6.07, 6.45) is 2.14. The number of benzene rings is 3. The van der Waals surface area contributed by atoms with E-state index in [2.05, 4.69) is 25.2 Å². The largest absolute Gasteiger partial charge is 0.496 e. The van der Waals surface area contributed by atoms with Gasteiger partial charge < -0.3 is 19.0 Å². The average molecular weight is 553 g/mol. The van der Waals surface area contributed by atoms with Gasteiger partial charge in [0.25, 0.3) is 5.69 Å². The molecule has 1 aliphatic rings. The van der Waals surface area contributed by atoms with Gasteiger partial charge in [-0.2, -0.15) is 8.42 Å². The van der Waals surface area contributed by atoms with Crippen LogP contribution in [0.4, 0.5) is 11.4 Å². The van der Waals surface area contributed by atoms with Crippen LogP contribution in [0.3, 0.4) is 0 Å². The van der Waals surface area contributed by atoms with Crippen LogP contribution in [0, 0.1) is 17.0 Å². The summed E-state index contributed by atoms with van der Waals surface area (Å²) < 4.78 is 41.1. The molecule has 39 heavy (non-hydrogen) atoms. The molecule has 1 aliphatic heterocycles. The van der Waals surface area contributed by atoms with Gasteiger partial charge in [0.2, 0.25) is 0 Å². The zero-order chi connectivity index (χ0) is 28.5. The number of nitro groups is 1. The van der Waals surface area contributed by atoms with Gasteiger partial charge in [-0.3, -0.25) is 10.1 Å². The van der Waals surface area contributed by atoms with Crippen molar-refractivity contribution in [3.63, 3.8) is 0 Å². The van der Waals surface area contributed by atoms with Gasteiger partial charge in [-0.05, 0) is 75.6 Å². The Morgan fingerprint density at radius 2 is 1.72 bits per heavy atom. The van der Waals surface area contributed by atoms with Crippen molar-refractivity contribution in [2.75, 3.05) is 18.2 Å². The van der Waals surface area contributed by atoms with Gasteiger partial charge in [0.1, 0.15) is 23.9 Å². The molecule has 0 saturated carbocycles. The van der Waals surface area contributed by atoms with Gasteiger partial charge >= 0.3 is 10.1 Å². The Hall–Kier alpha value is -4.05. The van der Waals surface area contributed by atoms with E-state index in [1.54, 1.807) is 24.3 Å². The highest BCUT2D eigenvalue weighted by Gasteiger charge is 2.27. The van der Waals surface area contributed by atoms with Gasteiger partial charge in [0.05, 0.1) is 29.4 Å². The molecule has 206 valence electrons. The zero-order valence-corrected chi connectivity index (χ0v) is 23.6. The molecule has 0 spiro atoms. The van der Waals surface area contributed by atoms with Crippen molar-refractivity contribution in [3.05, 3.63) is 81.4 Å². The maximum absolute atomic E-state index is 12.0. The standard InChI is InChI=1S/C29H32N2O7S/c1-7-39(34,35)38-21-10-11-23(27(15-21)36-6)22-12-13-25-28(19(3)16-29(4,5)30-25)24(22)17-37-26-14-20(31(32)33)9-8-18(26)2/h8-16,30H,7,17H2,1-6H3. The van der Waals surface area contributed by atoms with E-state index in [0.717, 1.165) is 33.5 Å². The van der Waals surface area contributed by atoms with E-state index in [1.807, 2.05) is 26.0 Å². The number of anilines is 1. The number of methoxy groups -OCH3 is 1. The number of fused-ring (bicyclic) bond motifs is 1. The quantitative estimate of drug-likeness (QED) is 0.182. The Balaban J connectivity index is 1.85. The SMILES string of the molecule is CCS(=O)(=O)Oc1ccc(-c2ccc3c(c2COc2cc([N+](=O)[O-])ccc2C)C(C)=CC(C)(C)N3)c(OC)c1. The van der Waals surface area contributed by atoms with E-state index in [0.29, 0.717) is 17.1 Å². The number of nitrogens with one attached hydrogen (secondary N) is 1. The highest BCUT2D eigenvalue weighted by Crippen LogP contribution is 2.43. The van der Waals surface area contributed by atoms with Crippen molar-refractivity contribution < 1.29 is 27.0 Å². The molecule has 0 fully saturated rings. The second-order valence-corrected chi connectivity index (χ2v) is 11.8. The summed E-state index contributed by atoms with van der Waals surface area (Å²) >= 11 is 0. The number of nitrogens with zero attached hydrogens (tertiary/aromatic N) is 1. The van der Waals surface area contributed by atoms with Crippen LogP contribution in [0.25, 0.3) is 16.7 Å². The molecule has 0 amide bonds. The molecule has 0 unspecified atom stereocenters. The van der Waals surface area contributed by atoms with Gasteiger partial charge in [-0.25, -0.2) is 0 Å². The van der Waals surface area contributed by atoms with E-state index in [9.17, 15) is 18.5 Å². The van der Waals surface area contributed by atoms with E-state index < -0.39 is 15.0 Å². The Bertz CT molecular complexity index is 1580. The molecule has 0 radical (unpaired) electrons. The molecule has 9 nitrogen and oxygen atoms in total. The molecule has 3 aromatic carbocycles. The molecule has 1 N–H and O–H groups in total. The highest BCUT2D eigenvalue weighted by atomic mass is 32.2. The van der Waals surface area contributed by atoms with Crippen LogP contribution in [-0.4, -0.2) is 31.7 Å². The first-order chi connectivity index (χ1) is 18.3. The third kappa shape index (κ3) is 6.01. The summed E-state index contributed by atoms with van der Waals surface area (Å²) in [6.45, 7) is 9.68. The highest BCUT2D eigenvalue weighted by molar-refractivity contribution is 7.87. The summed E-state index contributed by atoms with van der Waals surface area (Å²) in [5.41, 5.74) is 5.80. The summed E-state index contributed by atoms with van der Waals surface area (Å²) in [4.78, 5) is 10.9. The fourth-order valence-electron chi connectivity index (χ4n) is 4.76. The Morgan fingerprint density at radius 3 is 2.38 bits per heavy atom. The number of aryl methyl sites for hydroxylation is 1.